The molecule has 112 valence electrons. The molecule has 0 aliphatic heterocycles. The average molecular weight is 305 g/mol. The van der Waals surface area contributed by atoms with Crippen LogP contribution in [0.15, 0.2) is 41.1 Å². The van der Waals surface area contributed by atoms with Crippen LogP contribution in [-0.2, 0) is 11.2 Å². The van der Waals surface area contributed by atoms with E-state index in [1.807, 2.05) is 35.0 Å². The maximum absolute atomic E-state index is 11.8. The minimum Gasteiger partial charge on any atom is -0.497 e. The lowest BCUT2D eigenvalue weighted by Gasteiger charge is -2.13. The molecule has 0 saturated carbocycles. The van der Waals surface area contributed by atoms with E-state index in [-0.39, 0.29) is 12.5 Å². The molecule has 1 aromatic carbocycles. The first-order chi connectivity index (χ1) is 10.2. The van der Waals surface area contributed by atoms with Crippen LogP contribution in [0.4, 0.5) is 0 Å². The van der Waals surface area contributed by atoms with Crippen LogP contribution in [0.1, 0.15) is 23.7 Å². The van der Waals surface area contributed by atoms with E-state index in [2.05, 4.69) is 5.32 Å². The van der Waals surface area contributed by atoms with Gasteiger partial charge in [0.15, 0.2) is 0 Å². The van der Waals surface area contributed by atoms with Gasteiger partial charge in [-0.05, 0) is 46.5 Å². The SMILES string of the molecule is COc1cccc([C@H](O)CNC(=O)CCc2ccsc2)c1. The summed E-state index contributed by atoms with van der Waals surface area (Å²) in [5.74, 6) is 0.637. The smallest absolute Gasteiger partial charge is 0.220 e. The third kappa shape index (κ3) is 4.88. The van der Waals surface area contributed by atoms with Gasteiger partial charge in [0, 0.05) is 13.0 Å². The summed E-state index contributed by atoms with van der Waals surface area (Å²) in [6.07, 6.45) is 0.428. The van der Waals surface area contributed by atoms with Crippen molar-refractivity contribution in [1.29, 1.82) is 0 Å². The number of amides is 1. The zero-order valence-electron chi connectivity index (χ0n) is 11.9. The third-order valence-electron chi connectivity index (χ3n) is 3.19. The number of ether oxygens (including phenoxy) is 1. The van der Waals surface area contributed by atoms with Gasteiger partial charge in [-0.1, -0.05) is 12.1 Å². The number of thiophene rings is 1. The molecular formula is C16H19NO3S. The Hall–Kier alpha value is -1.85. The van der Waals surface area contributed by atoms with Gasteiger partial charge in [-0.25, -0.2) is 0 Å². The largest absolute Gasteiger partial charge is 0.497 e. The van der Waals surface area contributed by atoms with Crippen LogP contribution in [0.2, 0.25) is 0 Å². The molecule has 0 fully saturated rings. The Labute approximate surface area is 128 Å². The summed E-state index contributed by atoms with van der Waals surface area (Å²) >= 11 is 1.63. The van der Waals surface area contributed by atoms with Crippen LogP contribution in [-0.4, -0.2) is 24.7 Å². The van der Waals surface area contributed by atoms with Crippen LogP contribution in [0.5, 0.6) is 5.75 Å². The third-order valence-corrected chi connectivity index (χ3v) is 3.92. The summed E-state index contributed by atoms with van der Waals surface area (Å²) in [5, 5.41) is 16.9. The fourth-order valence-electron chi connectivity index (χ4n) is 1.96. The Kier molecular flexibility index (Phi) is 5.78. The maximum Gasteiger partial charge on any atom is 0.220 e. The number of aryl methyl sites for hydroxylation is 1. The molecule has 1 aromatic heterocycles. The highest BCUT2D eigenvalue weighted by molar-refractivity contribution is 7.07. The van der Waals surface area contributed by atoms with Gasteiger partial charge in [-0.2, -0.15) is 11.3 Å². The minimum absolute atomic E-state index is 0.0526. The number of aliphatic hydroxyl groups excluding tert-OH is 1. The van der Waals surface area contributed by atoms with Crippen LogP contribution < -0.4 is 10.1 Å². The molecule has 1 amide bonds. The number of aliphatic hydroxyl groups is 1. The fourth-order valence-corrected chi connectivity index (χ4v) is 2.66. The molecule has 21 heavy (non-hydrogen) atoms. The van der Waals surface area contributed by atoms with E-state index in [9.17, 15) is 9.90 Å². The average Bonchev–Trinajstić information content (AvgIpc) is 3.04. The quantitative estimate of drug-likeness (QED) is 0.826. The number of methoxy groups -OCH3 is 1. The topological polar surface area (TPSA) is 58.6 Å². The van der Waals surface area contributed by atoms with Crippen molar-refractivity contribution in [3.8, 4) is 5.75 Å². The molecular weight excluding hydrogens is 286 g/mol. The molecule has 2 N–H and O–H groups in total. The van der Waals surface area contributed by atoms with Crippen molar-refractivity contribution < 1.29 is 14.6 Å². The molecule has 2 rings (SSSR count). The zero-order chi connectivity index (χ0) is 15.1. The predicted molar refractivity (Wildman–Crippen MR) is 83.6 cm³/mol. The van der Waals surface area contributed by atoms with Gasteiger partial charge in [-0.15, -0.1) is 0 Å². The summed E-state index contributed by atoms with van der Waals surface area (Å²) in [5.41, 5.74) is 1.90. The van der Waals surface area contributed by atoms with Crippen LogP contribution in [0.3, 0.4) is 0 Å². The van der Waals surface area contributed by atoms with Crippen LogP contribution in [0.25, 0.3) is 0 Å². The molecule has 0 aliphatic rings. The van der Waals surface area contributed by atoms with Crippen LogP contribution >= 0.6 is 11.3 Å². The number of carbonyl (C=O) groups excluding carboxylic acids is 1. The van der Waals surface area contributed by atoms with Gasteiger partial charge < -0.3 is 15.2 Å². The lowest BCUT2D eigenvalue weighted by Crippen LogP contribution is -2.28. The first-order valence-corrected chi connectivity index (χ1v) is 7.73. The lowest BCUT2D eigenvalue weighted by atomic mass is 10.1. The van der Waals surface area contributed by atoms with E-state index in [1.54, 1.807) is 24.5 Å². The van der Waals surface area contributed by atoms with Gasteiger partial charge in [0.2, 0.25) is 5.91 Å². The molecule has 2 aromatic rings. The highest BCUT2D eigenvalue weighted by Gasteiger charge is 2.10. The molecule has 1 heterocycles. The van der Waals surface area contributed by atoms with E-state index >= 15 is 0 Å². The van der Waals surface area contributed by atoms with Crippen molar-refractivity contribution in [1.82, 2.24) is 5.32 Å². The second kappa shape index (κ2) is 7.81. The summed E-state index contributed by atoms with van der Waals surface area (Å²) in [6.45, 7) is 0.204. The van der Waals surface area contributed by atoms with Gasteiger partial charge >= 0.3 is 0 Å². The second-order valence-corrected chi connectivity index (χ2v) is 5.51. The molecule has 0 spiro atoms. The molecule has 0 radical (unpaired) electrons. The molecule has 0 bridgehead atoms. The van der Waals surface area contributed by atoms with E-state index < -0.39 is 6.10 Å². The Morgan fingerprint density at radius 3 is 3.00 bits per heavy atom. The number of hydrogen-bond donors (Lipinski definition) is 2. The zero-order valence-corrected chi connectivity index (χ0v) is 12.7. The number of hydrogen-bond acceptors (Lipinski definition) is 4. The standard InChI is InChI=1S/C16H19NO3S/c1-20-14-4-2-3-13(9-14)15(18)10-17-16(19)6-5-12-7-8-21-11-12/h2-4,7-9,11,15,18H,5-6,10H2,1H3,(H,17,19)/t15-/m1/s1. The van der Waals surface area contributed by atoms with Crippen molar-refractivity contribution in [3.05, 3.63) is 52.2 Å². The molecule has 0 saturated heterocycles. The molecule has 0 unspecified atom stereocenters. The number of carbonyl (C=O) groups is 1. The van der Waals surface area contributed by atoms with E-state index in [1.165, 1.54) is 5.56 Å². The molecule has 1 atom stereocenters. The maximum atomic E-state index is 11.8. The molecule has 0 aliphatic carbocycles. The van der Waals surface area contributed by atoms with Gasteiger partial charge in [0.05, 0.1) is 13.2 Å². The van der Waals surface area contributed by atoms with Crippen molar-refractivity contribution in [2.24, 2.45) is 0 Å². The van der Waals surface area contributed by atoms with Crippen molar-refractivity contribution in [3.63, 3.8) is 0 Å². The summed E-state index contributed by atoms with van der Waals surface area (Å²) < 4.78 is 5.11. The highest BCUT2D eigenvalue weighted by atomic mass is 32.1. The predicted octanol–water partition coefficient (Wildman–Crippen LogP) is 2.54. The first-order valence-electron chi connectivity index (χ1n) is 6.79. The molecule has 4 nitrogen and oxygen atoms in total. The first kappa shape index (κ1) is 15.5. The lowest BCUT2D eigenvalue weighted by molar-refractivity contribution is -0.121. The van der Waals surface area contributed by atoms with E-state index in [0.717, 1.165) is 12.0 Å². The normalized spacial score (nSPS) is 11.9. The van der Waals surface area contributed by atoms with Crippen molar-refractivity contribution >= 4 is 17.2 Å². The number of nitrogens with one attached hydrogen (secondary N) is 1. The number of benzene rings is 1. The Bertz CT molecular complexity index is 569. The van der Waals surface area contributed by atoms with Gasteiger partial charge in [-0.3, -0.25) is 4.79 Å². The van der Waals surface area contributed by atoms with Crippen LogP contribution in [0, 0.1) is 0 Å². The number of rotatable bonds is 7. The van der Waals surface area contributed by atoms with Crippen molar-refractivity contribution in [2.45, 2.75) is 18.9 Å². The Morgan fingerprint density at radius 1 is 1.43 bits per heavy atom. The Morgan fingerprint density at radius 2 is 2.29 bits per heavy atom. The summed E-state index contributed by atoms with van der Waals surface area (Å²) in [7, 11) is 1.58. The fraction of sp³-hybridized carbons (Fsp3) is 0.312. The Balaban J connectivity index is 1.77. The summed E-state index contributed by atoms with van der Waals surface area (Å²) in [6, 6.07) is 9.22. The monoisotopic (exact) mass is 305 g/mol. The van der Waals surface area contributed by atoms with Crippen molar-refractivity contribution in [2.75, 3.05) is 13.7 Å². The summed E-state index contributed by atoms with van der Waals surface area (Å²) in [4.78, 5) is 11.8. The molecule has 5 heteroatoms. The minimum atomic E-state index is -0.731. The van der Waals surface area contributed by atoms with Gasteiger partial charge in [0.1, 0.15) is 5.75 Å². The van der Waals surface area contributed by atoms with E-state index in [4.69, 9.17) is 4.74 Å². The van der Waals surface area contributed by atoms with E-state index in [0.29, 0.717) is 12.2 Å². The van der Waals surface area contributed by atoms with Gasteiger partial charge in [0.25, 0.3) is 0 Å². The highest BCUT2D eigenvalue weighted by Crippen LogP contribution is 2.18. The second-order valence-electron chi connectivity index (χ2n) is 4.73.